The van der Waals surface area contributed by atoms with Crippen molar-refractivity contribution in [2.24, 2.45) is 0 Å². The Hall–Kier alpha value is -2.37. The summed E-state index contributed by atoms with van der Waals surface area (Å²) in [6.45, 7) is 4.44. The zero-order valence-electron chi connectivity index (χ0n) is 42.2. The van der Waals surface area contributed by atoms with Crippen LogP contribution in [0.4, 0.5) is 0 Å². The average molecular weight is 929 g/mol. The second-order valence-electron chi connectivity index (χ2n) is 18.3. The van der Waals surface area contributed by atoms with Crippen LogP contribution in [0.5, 0.6) is 0 Å². The molecule has 0 bridgehead atoms. The molecule has 0 aromatic heterocycles. The van der Waals surface area contributed by atoms with Crippen molar-refractivity contribution in [3.63, 3.8) is 0 Å². The Morgan fingerprint density at radius 1 is 0.500 bits per heavy atom. The van der Waals surface area contributed by atoms with Crippen LogP contribution < -0.4 is 0 Å². The van der Waals surface area contributed by atoms with Crippen molar-refractivity contribution in [3.8, 4) is 0 Å². The van der Waals surface area contributed by atoms with Gasteiger partial charge in [-0.05, 0) is 83.5 Å². The second-order valence-corrected chi connectivity index (χ2v) is 18.3. The van der Waals surface area contributed by atoms with Gasteiger partial charge in [0.05, 0.1) is 19.8 Å². The van der Waals surface area contributed by atoms with E-state index < -0.39 is 43.4 Å². The Labute approximate surface area is 404 Å². The Kier molecular flexibility index (Phi) is 44.5. The van der Waals surface area contributed by atoms with E-state index in [4.69, 9.17) is 18.9 Å². The molecule has 0 radical (unpaired) electrons. The summed E-state index contributed by atoms with van der Waals surface area (Å²) < 4.78 is 22.9. The minimum atomic E-state index is -1.54. The van der Waals surface area contributed by atoms with Crippen LogP contribution in [0.1, 0.15) is 219 Å². The smallest absolute Gasteiger partial charge is 0.306 e. The lowest BCUT2D eigenvalue weighted by atomic mass is 9.99. The first-order chi connectivity index (χ1) is 32.4. The lowest BCUT2D eigenvalue weighted by Gasteiger charge is -2.39. The number of carbonyl (C=O) groups is 1. The number of ether oxygens (including phenoxy) is 4. The summed E-state index contributed by atoms with van der Waals surface area (Å²) in [7, 11) is 0. The van der Waals surface area contributed by atoms with Gasteiger partial charge in [0.15, 0.2) is 6.29 Å². The van der Waals surface area contributed by atoms with E-state index in [9.17, 15) is 25.2 Å². The van der Waals surface area contributed by atoms with E-state index in [-0.39, 0.29) is 19.2 Å². The van der Waals surface area contributed by atoms with E-state index in [1.807, 2.05) is 0 Å². The minimum absolute atomic E-state index is 0.119. The van der Waals surface area contributed by atoms with Crippen molar-refractivity contribution in [1.82, 2.24) is 0 Å². The number of allylic oxidation sites excluding steroid dienone is 12. The van der Waals surface area contributed by atoms with Crippen LogP contribution in [0.25, 0.3) is 0 Å². The highest BCUT2D eigenvalue weighted by molar-refractivity contribution is 5.69. The van der Waals surface area contributed by atoms with Gasteiger partial charge in [-0.25, -0.2) is 0 Å². The Balaban J connectivity index is 2.19. The third-order valence-electron chi connectivity index (χ3n) is 12.1. The van der Waals surface area contributed by atoms with Crippen molar-refractivity contribution >= 4 is 5.97 Å². The predicted molar refractivity (Wildman–Crippen MR) is 274 cm³/mol. The largest absolute Gasteiger partial charge is 0.457 e. The quantitative estimate of drug-likeness (QED) is 0.0267. The number of esters is 1. The first-order valence-corrected chi connectivity index (χ1v) is 27.0. The lowest BCUT2D eigenvalue weighted by Crippen LogP contribution is -2.59. The molecule has 1 aliphatic rings. The van der Waals surface area contributed by atoms with E-state index in [2.05, 4.69) is 86.8 Å². The zero-order chi connectivity index (χ0) is 47.8. The molecule has 1 fully saturated rings. The maximum absolute atomic E-state index is 12.9. The molecular weight excluding hydrogens is 829 g/mol. The van der Waals surface area contributed by atoms with E-state index in [1.54, 1.807) is 0 Å². The van der Waals surface area contributed by atoms with Crippen LogP contribution in [0.3, 0.4) is 0 Å². The molecule has 1 rings (SSSR count). The van der Waals surface area contributed by atoms with Gasteiger partial charge in [-0.3, -0.25) is 4.79 Å². The molecule has 0 aromatic rings. The number of hydrogen-bond donors (Lipinski definition) is 4. The van der Waals surface area contributed by atoms with Crippen LogP contribution in [-0.2, 0) is 23.7 Å². The standard InChI is InChI=1S/C57H100O9/c1-3-5-7-9-11-13-15-17-19-21-23-24-25-26-27-28-29-30-32-34-36-38-40-42-44-46-53(59)65-51(50-64-57-56(62)55(61)54(60)52(48-58)66-57)49-63-47-45-43-41-39-37-35-33-31-22-20-18-16-14-12-10-8-6-4-2/h5,7,11,13,17-20,23-24,26-27,51-52,54-58,60-62H,3-4,6,8-10,12,14-16,21-22,25,28-50H2,1-2H3/b7-5-,13-11-,19-17-,20-18-,24-23-,27-26-. The molecule has 6 atom stereocenters. The molecule has 6 unspecified atom stereocenters. The summed E-state index contributed by atoms with van der Waals surface area (Å²) >= 11 is 0. The van der Waals surface area contributed by atoms with Crippen molar-refractivity contribution in [3.05, 3.63) is 72.9 Å². The molecule has 9 nitrogen and oxygen atoms in total. The van der Waals surface area contributed by atoms with Gasteiger partial charge in [0.1, 0.15) is 30.5 Å². The van der Waals surface area contributed by atoms with Crippen molar-refractivity contribution in [2.75, 3.05) is 26.4 Å². The second kappa shape index (κ2) is 47.7. The van der Waals surface area contributed by atoms with E-state index in [1.165, 1.54) is 128 Å². The fraction of sp³-hybridized carbons (Fsp3) is 0.772. The van der Waals surface area contributed by atoms with Gasteiger partial charge in [-0.1, -0.05) is 202 Å². The molecule has 1 aliphatic heterocycles. The van der Waals surface area contributed by atoms with Crippen LogP contribution >= 0.6 is 0 Å². The highest BCUT2D eigenvalue weighted by atomic mass is 16.7. The molecule has 66 heavy (non-hydrogen) atoms. The molecule has 0 saturated carbocycles. The topological polar surface area (TPSA) is 135 Å². The SMILES string of the molecule is CC/C=C\C/C=C\C/C=C\C/C=C\C/C=C\CCCCCCCCCCCC(=O)OC(COCCCCCCCCCC/C=C\CCCCCCCC)COC1OC(CO)C(O)C(O)C1O. The third kappa shape index (κ3) is 37.6. The third-order valence-corrected chi connectivity index (χ3v) is 12.1. The Bertz CT molecular complexity index is 1240. The average Bonchev–Trinajstić information content (AvgIpc) is 3.32. The summed E-state index contributed by atoms with van der Waals surface area (Å²) in [4.78, 5) is 12.9. The molecule has 0 spiro atoms. The molecular formula is C57H100O9. The van der Waals surface area contributed by atoms with Gasteiger partial charge in [0.2, 0.25) is 0 Å². The number of unbranched alkanes of at least 4 members (excludes halogenated alkanes) is 23. The summed E-state index contributed by atoms with van der Waals surface area (Å²) in [6, 6.07) is 0. The Morgan fingerprint density at radius 3 is 1.41 bits per heavy atom. The van der Waals surface area contributed by atoms with Gasteiger partial charge >= 0.3 is 5.97 Å². The summed E-state index contributed by atoms with van der Waals surface area (Å²) in [5.41, 5.74) is 0. The van der Waals surface area contributed by atoms with Crippen molar-refractivity contribution < 1.29 is 44.2 Å². The lowest BCUT2D eigenvalue weighted by molar-refractivity contribution is -0.305. The zero-order valence-corrected chi connectivity index (χ0v) is 42.2. The monoisotopic (exact) mass is 929 g/mol. The van der Waals surface area contributed by atoms with Gasteiger partial charge in [0, 0.05) is 13.0 Å². The van der Waals surface area contributed by atoms with Crippen molar-refractivity contribution in [2.45, 2.75) is 256 Å². The van der Waals surface area contributed by atoms with Gasteiger partial charge in [-0.15, -0.1) is 0 Å². The Morgan fingerprint density at radius 2 is 0.924 bits per heavy atom. The summed E-state index contributed by atoms with van der Waals surface area (Å²) in [5, 5.41) is 40.3. The summed E-state index contributed by atoms with van der Waals surface area (Å²) in [5.74, 6) is -0.322. The maximum atomic E-state index is 12.9. The highest BCUT2D eigenvalue weighted by Gasteiger charge is 2.44. The molecule has 0 aromatic carbocycles. The fourth-order valence-corrected chi connectivity index (χ4v) is 7.93. The van der Waals surface area contributed by atoms with Gasteiger partial charge in [-0.2, -0.15) is 0 Å². The first kappa shape index (κ1) is 61.6. The van der Waals surface area contributed by atoms with E-state index >= 15 is 0 Å². The number of aliphatic hydroxyl groups is 4. The van der Waals surface area contributed by atoms with E-state index in [0.717, 1.165) is 70.6 Å². The van der Waals surface area contributed by atoms with Gasteiger partial charge < -0.3 is 39.4 Å². The fourth-order valence-electron chi connectivity index (χ4n) is 7.93. The minimum Gasteiger partial charge on any atom is -0.457 e. The normalized spacial score (nSPS) is 19.9. The molecule has 1 saturated heterocycles. The molecule has 0 amide bonds. The number of hydrogen-bond acceptors (Lipinski definition) is 9. The molecule has 9 heteroatoms. The molecule has 0 aliphatic carbocycles. The maximum Gasteiger partial charge on any atom is 0.306 e. The van der Waals surface area contributed by atoms with Gasteiger partial charge in [0.25, 0.3) is 0 Å². The van der Waals surface area contributed by atoms with Crippen LogP contribution in [0.15, 0.2) is 72.9 Å². The summed E-state index contributed by atoms with van der Waals surface area (Å²) in [6.07, 6.45) is 56.5. The van der Waals surface area contributed by atoms with Crippen LogP contribution in [0, 0.1) is 0 Å². The molecule has 4 N–H and O–H groups in total. The number of rotatable bonds is 46. The highest BCUT2D eigenvalue weighted by Crippen LogP contribution is 2.23. The predicted octanol–water partition coefficient (Wildman–Crippen LogP) is 13.6. The van der Waals surface area contributed by atoms with Crippen molar-refractivity contribution in [1.29, 1.82) is 0 Å². The molecule has 382 valence electrons. The van der Waals surface area contributed by atoms with Crippen LogP contribution in [0.2, 0.25) is 0 Å². The van der Waals surface area contributed by atoms with Crippen LogP contribution in [-0.4, -0.2) is 89.6 Å². The van der Waals surface area contributed by atoms with E-state index in [0.29, 0.717) is 13.0 Å². The molecule has 1 heterocycles. The first-order valence-electron chi connectivity index (χ1n) is 27.0. The number of carbonyl (C=O) groups excluding carboxylic acids is 1. The number of aliphatic hydroxyl groups excluding tert-OH is 4.